The fraction of sp³-hybridized carbons (Fsp3) is 0.538. The van der Waals surface area contributed by atoms with E-state index in [2.05, 4.69) is 11.6 Å². The molecular formula is C13H19ClN2O2S. The summed E-state index contributed by atoms with van der Waals surface area (Å²) in [6.45, 7) is 2.87. The summed E-state index contributed by atoms with van der Waals surface area (Å²) in [5.41, 5.74) is 6.31. The molecule has 0 amide bonds. The van der Waals surface area contributed by atoms with Crippen molar-refractivity contribution in [2.75, 3.05) is 6.54 Å². The molecule has 1 aromatic rings. The first-order chi connectivity index (χ1) is 8.94. The maximum Gasteiger partial charge on any atom is 0.242 e. The number of hydrogen-bond acceptors (Lipinski definition) is 3. The SMILES string of the molecule is CC(CNS(=O)(=O)c1ccc(CN)cc1Cl)C1CC1. The normalized spacial score (nSPS) is 17.4. The van der Waals surface area contributed by atoms with Crippen LogP contribution in [0, 0.1) is 11.8 Å². The molecule has 0 heterocycles. The van der Waals surface area contributed by atoms with Crippen LogP contribution in [0.25, 0.3) is 0 Å². The molecule has 1 saturated carbocycles. The lowest BCUT2D eigenvalue weighted by atomic mass is 10.1. The molecule has 1 aliphatic carbocycles. The molecule has 1 atom stereocenters. The summed E-state index contributed by atoms with van der Waals surface area (Å²) in [7, 11) is -3.54. The van der Waals surface area contributed by atoms with Crippen LogP contribution in [0.4, 0.5) is 0 Å². The van der Waals surface area contributed by atoms with Gasteiger partial charge in [-0.05, 0) is 42.4 Å². The lowest BCUT2D eigenvalue weighted by molar-refractivity contribution is 0.492. The number of nitrogens with two attached hydrogens (primary N) is 1. The Morgan fingerprint density at radius 3 is 2.68 bits per heavy atom. The highest BCUT2D eigenvalue weighted by Gasteiger charge is 2.29. The van der Waals surface area contributed by atoms with Crippen LogP contribution in [0.15, 0.2) is 23.1 Å². The maximum atomic E-state index is 12.2. The summed E-state index contributed by atoms with van der Waals surface area (Å²) in [6, 6.07) is 4.79. The predicted octanol–water partition coefficient (Wildman–Crippen LogP) is 2.12. The molecule has 106 valence electrons. The highest BCUT2D eigenvalue weighted by molar-refractivity contribution is 7.89. The van der Waals surface area contributed by atoms with E-state index in [1.807, 2.05) is 0 Å². The monoisotopic (exact) mass is 302 g/mol. The summed E-state index contributed by atoms with van der Waals surface area (Å²) in [5.74, 6) is 1.04. The molecule has 1 aromatic carbocycles. The minimum Gasteiger partial charge on any atom is -0.326 e. The van der Waals surface area contributed by atoms with E-state index in [0.29, 0.717) is 24.9 Å². The van der Waals surface area contributed by atoms with Gasteiger partial charge in [0.05, 0.1) is 5.02 Å². The number of halogens is 1. The van der Waals surface area contributed by atoms with Crippen LogP contribution in [0.5, 0.6) is 0 Å². The lowest BCUT2D eigenvalue weighted by Gasteiger charge is -2.13. The fourth-order valence-corrected chi connectivity index (χ4v) is 3.75. The Bertz CT molecular complexity index is 556. The topological polar surface area (TPSA) is 72.2 Å². The van der Waals surface area contributed by atoms with Crippen LogP contribution >= 0.6 is 11.6 Å². The second-order valence-corrected chi connectivity index (χ2v) is 7.28. The van der Waals surface area contributed by atoms with E-state index in [9.17, 15) is 8.42 Å². The zero-order chi connectivity index (χ0) is 14.0. The van der Waals surface area contributed by atoms with Gasteiger partial charge >= 0.3 is 0 Å². The zero-order valence-corrected chi connectivity index (χ0v) is 12.5. The number of rotatable bonds is 6. The molecule has 0 aliphatic heterocycles. The molecule has 19 heavy (non-hydrogen) atoms. The molecule has 2 rings (SSSR count). The van der Waals surface area contributed by atoms with Crippen molar-refractivity contribution < 1.29 is 8.42 Å². The van der Waals surface area contributed by atoms with Gasteiger partial charge in [-0.25, -0.2) is 13.1 Å². The van der Waals surface area contributed by atoms with Gasteiger partial charge in [-0.1, -0.05) is 24.6 Å². The average molecular weight is 303 g/mol. The molecule has 0 spiro atoms. The Hall–Kier alpha value is -0.620. The number of benzene rings is 1. The number of sulfonamides is 1. The highest BCUT2D eigenvalue weighted by Crippen LogP contribution is 2.36. The molecule has 0 bridgehead atoms. The van der Waals surface area contributed by atoms with Crippen molar-refractivity contribution in [3.05, 3.63) is 28.8 Å². The first-order valence-corrected chi connectivity index (χ1v) is 8.28. The fourth-order valence-electron chi connectivity index (χ4n) is 2.04. The van der Waals surface area contributed by atoms with Crippen molar-refractivity contribution in [3.63, 3.8) is 0 Å². The molecule has 1 unspecified atom stereocenters. The molecule has 4 nitrogen and oxygen atoms in total. The van der Waals surface area contributed by atoms with E-state index in [4.69, 9.17) is 17.3 Å². The van der Waals surface area contributed by atoms with Gasteiger partial charge in [0.25, 0.3) is 0 Å². The van der Waals surface area contributed by atoms with E-state index in [1.54, 1.807) is 12.1 Å². The molecule has 6 heteroatoms. The Labute approximate surface area is 119 Å². The van der Waals surface area contributed by atoms with Gasteiger partial charge in [-0.2, -0.15) is 0 Å². The number of nitrogens with one attached hydrogen (secondary N) is 1. The van der Waals surface area contributed by atoms with Gasteiger partial charge in [-0.15, -0.1) is 0 Å². The van der Waals surface area contributed by atoms with Crippen LogP contribution in [0.1, 0.15) is 25.3 Å². The van der Waals surface area contributed by atoms with E-state index < -0.39 is 10.0 Å². The third-order valence-electron chi connectivity index (χ3n) is 3.54. The largest absolute Gasteiger partial charge is 0.326 e. The van der Waals surface area contributed by atoms with Gasteiger partial charge < -0.3 is 5.73 Å². The van der Waals surface area contributed by atoms with Crippen molar-refractivity contribution in [2.45, 2.75) is 31.2 Å². The van der Waals surface area contributed by atoms with Crippen molar-refractivity contribution in [1.29, 1.82) is 0 Å². The van der Waals surface area contributed by atoms with Crippen LogP contribution in [-0.4, -0.2) is 15.0 Å². The minimum absolute atomic E-state index is 0.120. The molecule has 0 radical (unpaired) electrons. The van der Waals surface area contributed by atoms with Crippen LogP contribution < -0.4 is 10.5 Å². The minimum atomic E-state index is -3.54. The third kappa shape index (κ3) is 3.69. The summed E-state index contributed by atoms with van der Waals surface area (Å²) in [5, 5.41) is 0.217. The summed E-state index contributed by atoms with van der Waals surface area (Å²) < 4.78 is 27.0. The molecular weight excluding hydrogens is 284 g/mol. The first-order valence-electron chi connectivity index (χ1n) is 6.42. The van der Waals surface area contributed by atoms with Gasteiger partial charge in [0.1, 0.15) is 4.90 Å². The first kappa shape index (κ1) is 14.8. The Morgan fingerprint density at radius 2 is 2.16 bits per heavy atom. The van der Waals surface area contributed by atoms with E-state index >= 15 is 0 Å². The Kier molecular flexibility index (Phi) is 4.50. The highest BCUT2D eigenvalue weighted by atomic mass is 35.5. The molecule has 0 saturated heterocycles. The van der Waals surface area contributed by atoms with Crippen molar-refractivity contribution in [3.8, 4) is 0 Å². The zero-order valence-electron chi connectivity index (χ0n) is 10.9. The maximum absolute atomic E-state index is 12.2. The molecule has 1 fully saturated rings. The summed E-state index contributed by atoms with van der Waals surface area (Å²) in [6.07, 6.45) is 2.41. The van der Waals surface area contributed by atoms with Gasteiger partial charge in [0.15, 0.2) is 0 Å². The Balaban J connectivity index is 2.09. The number of hydrogen-bond donors (Lipinski definition) is 2. The van der Waals surface area contributed by atoms with E-state index in [0.717, 1.165) is 5.56 Å². The van der Waals surface area contributed by atoms with Crippen LogP contribution in [0.2, 0.25) is 5.02 Å². The second-order valence-electron chi connectivity index (χ2n) is 5.14. The summed E-state index contributed by atoms with van der Waals surface area (Å²) >= 11 is 6.01. The van der Waals surface area contributed by atoms with Crippen molar-refractivity contribution in [2.24, 2.45) is 17.6 Å². The van der Waals surface area contributed by atoms with E-state index in [1.165, 1.54) is 18.9 Å². The molecule has 3 N–H and O–H groups in total. The van der Waals surface area contributed by atoms with E-state index in [-0.39, 0.29) is 9.92 Å². The molecule has 0 aromatic heterocycles. The standard InChI is InChI=1S/C13H19ClN2O2S/c1-9(11-3-4-11)8-16-19(17,18)13-5-2-10(7-15)6-12(13)14/h2,5-6,9,11,16H,3-4,7-8,15H2,1H3. The second kappa shape index (κ2) is 5.79. The van der Waals surface area contributed by atoms with Crippen molar-refractivity contribution >= 4 is 21.6 Å². The van der Waals surface area contributed by atoms with Crippen LogP contribution in [0.3, 0.4) is 0 Å². The van der Waals surface area contributed by atoms with Crippen molar-refractivity contribution in [1.82, 2.24) is 4.72 Å². The van der Waals surface area contributed by atoms with Crippen LogP contribution in [-0.2, 0) is 16.6 Å². The van der Waals surface area contributed by atoms with Gasteiger partial charge in [0.2, 0.25) is 10.0 Å². The van der Waals surface area contributed by atoms with Gasteiger partial charge in [0, 0.05) is 13.1 Å². The third-order valence-corrected chi connectivity index (χ3v) is 5.45. The predicted molar refractivity (Wildman–Crippen MR) is 76.4 cm³/mol. The Morgan fingerprint density at radius 1 is 1.47 bits per heavy atom. The van der Waals surface area contributed by atoms with Gasteiger partial charge in [-0.3, -0.25) is 0 Å². The average Bonchev–Trinajstić information content (AvgIpc) is 3.19. The lowest BCUT2D eigenvalue weighted by Crippen LogP contribution is -2.29. The molecule has 1 aliphatic rings. The quantitative estimate of drug-likeness (QED) is 0.845. The summed E-state index contributed by atoms with van der Waals surface area (Å²) in [4.78, 5) is 0.120. The smallest absolute Gasteiger partial charge is 0.242 e.